The molecule has 0 unspecified atom stereocenters. The van der Waals surface area contributed by atoms with Crippen molar-refractivity contribution < 1.29 is 22.7 Å². The van der Waals surface area contributed by atoms with Crippen LogP contribution in [0.4, 0.5) is 11.4 Å². The van der Waals surface area contributed by atoms with E-state index in [1.807, 2.05) is 31.2 Å². The number of hydrogen-bond donors (Lipinski definition) is 1. The largest absolute Gasteiger partial charge is 0.495 e. The summed E-state index contributed by atoms with van der Waals surface area (Å²) in [6.45, 7) is 5.68. The molecule has 8 nitrogen and oxygen atoms in total. The Hall–Kier alpha value is -2.78. The molecule has 1 saturated heterocycles. The molecule has 0 radical (unpaired) electrons. The number of carbonyl (C=O) groups is 1. The van der Waals surface area contributed by atoms with E-state index in [1.165, 1.54) is 30.5 Å². The van der Waals surface area contributed by atoms with Crippen LogP contribution < -0.4 is 19.7 Å². The van der Waals surface area contributed by atoms with Gasteiger partial charge in [0.25, 0.3) is 0 Å². The van der Waals surface area contributed by atoms with Gasteiger partial charge in [-0.3, -0.25) is 4.79 Å². The molecule has 9 heteroatoms. The Morgan fingerprint density at radius 1 is 1.07 bits per heavy atom. The second-order valence-corrected chi connectivity index (χ2v) is 8.77. The zero-order valence-electron chi connectivity index (χ0n) is 17.4. The summed E-state index contributed by atoms with van der Waals surface area (Å²) >= 11 is 0. The number of methoxy groups -OCH3 is 1. The van der Waals surface area contributed by atoms with E-state index in [1.54, 1.807) is 6.07 Å². The van der Waals surface area contributed by atoms with E-state index in [4.69, 9.17) is 9.47 Å². The molecule has 1 amide bonds. The summed E-state index contributed by atoms with van der Waals surface area (Å²) in [6, 6.07) is 12.3. The fourth-order valence-corrected chi connectivity index (χ4v) is 4.90. The third kappa shape index (κ3) is 4.68. The third-order valence-electron chi connectivity index (χ3n) is 4.86. The molecule has 0 bridgehead atoms. The fourth-order valence-electron chi connectivity index (χ4n) is 3.45. The lowest BCUT2D eigenvalue weighted by Crippen LogP contribution is -2.48. The number of nitrogens with zero attached hydrogens (tertiary/aromatic N) is 2. The van der Waals surface area contributed by atoms with Crippen molar-refractivity contribution in [1.82, 2.24) is 4.31 Å². The minimum atomic E-state index is -3.70. The number of anilines is 2. The minimum Gasteiger partial charge on any atom is -0.495 e. The first kappa shape index (κ1) is 21.9. The quantitative estimate of drug-likeness (QED) is 0.722. The minimum absolute atomic E-state index is 0.121. The molecule has 2 aromatic rings. The molecule has 0 aromatic heterocycles. The van der Waals surface area contributed by atoms with Gasteiger partial charge in [0.15, 0.2) is 0 Å². The topological polar surface area (TPSA) is 88.2 Å². The van der Waals surface area contributed by atoms with Crippen LogP contribution in [0.3, 0.4) is 0 Å². The Morgan fingerprint density at radius 2 is 1.77 bits per heavy atom. The Bertz CT molecular complexity index is 1000. The first-order valence-corrected chi connectivity index (χ1v) is 11.2. The van der Waals surface area contributed by atoms with Gasteiger partial charge in [-0.15, -0.1) is 0 Å². The van der Waals surface area contributed by atoms with Gasteiger partial charge in [0.05, 0.1) is 30.0 Å². The summed E-state index contributed by atoms with van der Waals surface area (Å²) in [5.74, 6) is 0.900. The van der Waals surface area contributed by atoms with Gasteiger partial charge >= 0.3 is 0 Å². The van der Waals surface area contributed by atoms with Gasteiger partial charge in [0.1, 0.15) is 11.5 Å². The van der Waals surface area contributed by atoms with E-state index in [9.17, 15) is 13.2 Å². The smallest absolute Gasteiger partial charge is 0.243 e. The Kier molecular flexibility index (Phi) is 6.84. The normalized spacial score (nSPS) is 15.0. The molecule has 1 N–H and O–H groups in total. The summed E-state index contributed by atoms with van der Waals surface area (Å²) in [6.07, 6.45) is 0. The van der Waals surface area contributed by atoms with E-state index in [2.05, 4.69) is 10.2 Å². The summed E-state index contributed by atoms with van der Waals surface area (Å²) in [5.41, 5.74) is 1.30. The van der Waals surface area contributed by atoms with Gasteiger partial charge in [-0.05, 0) is 37.3 Å². The maximum atomic E-state index is 13.2. The highest BCUT2D eigenvalue weighted by molar-refractivity contribution is 7.89. The van der Waals surface area contributed by atoms with Crippen LogP contribution in [0.5, 0.6) is 11.5 Å². The highest BCUT2D eigenvalue weighted by Gasteiger charge is 2.30. The first-order valence-electron chi connectivity index (χ1n) is 9.79. The van der Waals surface area contributed by atoms with Crippen molar-refractivity contribution in [3.05, 3.63) is 42.5 Å². The predicted molar refractivity (Wildman–Crippen MR) is 116 cm³/mol. The number of benzene rings is 2. The van der Waals surface area contributed by atoms with Crippen molar-refractivity contribution >= 4 is 27.3 Å². The average Bonchev–Trinajstić information content (AvgIpc) is 2.74. The standard InChI is InChI=1S/C21H27N3O5S/c1-4-29-21-8-6-5-7-19(21)23-11-13-24(14-12-23)30(26,27)17-9-10-20(28-3)18(15-17)22-16(2)25/h5-10,15H,4,11-14H2,1-3H3,(H,22,25). The molecule has 0 spiro atoms. The van der Waals surface area contributed by atoms with Crippen molar-refractivity contribution in [3.8, 4) is 11.5 Å². The molecule has 0 saturated carbocycles. The van der Waals surface area contributed by atoms with Crippen LogP contribution in [0.1, 0.15) is 13.8 Å². The number of carbonyl (C=O) groups excluding carboxylic acids is 1. The van der Waals surface area contributed by atoms with Crippen molar-refractivity contribution in [1.29, 1.82) is 0 Å². The maximum absolute atomic E-state index is 13.2. The number of nitrogens with one attached hydrogen (secondary N) is 1. The Labute approximate surface area is 177 Å². The van der Waals surface area contributed by atoms with Gasteiger partial charge in [0.2, 0.25) is 15.9 Å². The Balaban J connectivity index is 1.77. The molecule has 0 aliphatic carbocycles. The van der Waals surface area contributed by atoms with Gasteiger partial charge in [-0.25, -0.2) is 8.42 Å². The van der Waals surface area contributed by atoms with Crippen LogP contribution in [0, 0.1) is 0 Å². The monoisotopic (exact) mass is 433 g/mol. The van der Waals surface area contributed by atoms with E-state index >= 15 is 0 Å². The number of para-hydroxylation sites is 2. The summed E-state index contributed by atoms with van der Waals surface area (Å²) < 4.78 is 38.7. The second kappa shape index (κ2) is 9.36. The molecule has 30 heavy (non-hydrogen) atoms. The number of hydrogen-bond acceptors (Lipinski definition) is 6. The van der Waals surface area contributed by atoms with E-state index in [-0.39, 0.29) is 10.8 Å². The van der Waals surface area contributed by atoms with Crippen molar-refractivity contribution in [2.45, 2.75) is 18.7 Å². The first-order chi connectivity index (χ1) is 14.4. The molecule has 1 aliphatic rings. The van der Waals surface area contributed by atoms with E-state index in [0.29, 0.717) is 44.2 Å². The predicted octanol–water partition coefficient (Wildman–Crippen LogP) is 2.56. The molecular weight excluding hydrogens is 406 g/mol. The van der Waals surface area contributed by atoms with E-state index < -0.39 is 10.0 Å². The van der Waals surface area contributed by atoms with Crippen LogP contribution >= 0.6 is 0 Å². The number of ether oxygens (including phenoxy) is 2. The lowest BCUT2D eigenvalue weighted by atomic mass is 10.2. The molecule has 2 aromatic carbocycles. The number of sulfonamides is 1. The molecule has 0 atom stereocenters. The third-order valence-corrected chi connectivity index (χ3v) is 6.76. The van der Waals surface area contributed by atoms with Crippen molar-refractivity contribution in [2.75, 3.05) is 50.1 Å². The van der Waals surface area contributed by atoms with Crippen LogP contribution in [0.15, 0.2) is 47.4 Å². The average molecular weight is 434 g/mol. The molecule has 1 heterocycles. The van der Waals surface area contributed by atoms with Crippen molar-refractivity contribution in [3.63, 3.8) is 0 Å². The van der Waals surface area contributed by atoms with Crippen LogP contribution in [-0.2, 0) is 14.8 Å². The SMILES string of the molecule is CCOc1ccccc1N1CCN(S(=O)(=O)c2ccc(OC)c(NC(C)=O)c2)CC1. The molecular formula is C21H27N3O5S. The maximum Gasteiger partial charge on any atom is 0.243 e. The lowest BCUT2D eigenvalue weighted by Gasteiger charge is -2.36. The highest BCUT2D eigenvalue weighted by atomic mass is 32.2. The zero-order chi connectivity index (χ0) is 21.7. The van der Waals surface area contributed by atoms with E-state index in [0.717, 1.165) is 11.4 Å². The molecule has 3 rings (SSSR count). The summed E-state index contributed by atoms with van der Waals surface area (Å²) in [7, 11) is -2.24. The van der Waals surface area contributed by atoms with Crippen molar-refractivity contribution in [2.24, 2.45) is 0 Å². The molecule has 1 fully saturated rings. The van der Waals surface area contributed by atoms with Crippen LogP contribution in [0.25, 0.3) is 0 Å². The number of piperazine rings is 1. The second-order valence-electron chi connectivity index (χ2n) is 6.84. The summed E-state index contributed by atoms with van der Waals surface area (Å²) in [5, 5.41) is 2.62. The van der Waals surface area contributed by atoms with Gasteiger partial charge < -0.3 is 19.7 Å². The van der Waals surface area contributed by atoms with Crippen LogP contribution in [0.2, 0.25) is 0 Å². The van der Waals surface area contributed by atoms with Crippen LogP contribution in [-0.4, -0.2) is 58.5 Å². The van der Waals surface area contributed by atoms with Gasteiger partial charge in [-0.2, -0.15) is 4.31 Å². The number of rotatable bonds is 7. The fraction of sp³-hybridized carbons (Fsp3) is 0.381. The van der Waals surface area contributed by atoms with Gasteiger partial charge in [0, 0.05) is 33.1 Å². The Morgan fingerprint density at radius 3 is 2.40 bits per heavy atom. The molecule has 1 aliphatic heterocycles. The highest BCUT2D eigenvalue weighted by Crippen LogP contribution is 2.31. The lowest BCUT2D eigenvalue weighted by molar-refractivity contribution is -0.114. The molecule has 162 valence electrons. The zero-order valence-corrected chi connectivity index (χ0v) is 18.2. The summed E-state index contributed by atoms with van der Waals surface area (Å²) in [4.78, 5) is 13.7. The van der Waals surface area contributed by atoms with Gasteiger partial charge in [-0.1, -0.05) is 12.1 Å². The number of amides is 1.